The molecular weight excluding hydrogens is 386 g/mol. The summed E-state index contributed by atoms with van der Waals surface area (Å²) >= 11 is 0. The molecule has 0 saturated heterocycles. The molecular formula is C22H21N3O5. The molecule has 0 aliphatic carbocycles. The molecule has 0 fully saturated rings. The van der Waals surface area contributed by atoms with E-state index in [1.54, 1.807) is 32.3 Å². The minimum Gasteiger partial charge on any atom is -0.493 e. The fourth-order valence-electron chi connectivity index (χ4n) is 3.45. The number of pyridine rings is 1. The number of hydrogen-bond donors (Lipinski definition) is 0. The number of benzene rings is 2. The van der Waals surface area contributed by atoms with Gasteiger partial charge in [-0.15, -0.1) is 0 Å². The summed E-state index contributed by atoms with van der Waals surface area (Å²) in [7, 11) is 6.30. The van der Waals surface area contributed by atoms with Gasteiger partial charge in [0.15, 0.2) is 22.9 Å². The van der Waals surface area contributed by atoms with Gasteiger partial charge in [-0.2, -0.15) is 0 Å². The highest BCUT2D eigenvalue weighted by molar-refractivity contribution is 6.07. The van der Waals surface area contributed by atoms with E-state index in [0.29, 0.717) is 44.6 Å². The first-order valence-electron chi connectivity index (χ1n) is 9.25. The number of nitrogens with zero attached hydrogens (tertiary/aromatic N) is 3. The summed E-state index contributed by atoms with van der Waals surface area (Å²) in [6, 6.07) is 8.81. The minimum atomic E-state index is -0.349. The molecule has 8 nitrogen and oxygen atoms in total. The predicted octanol–water partition coefficient (Wildman–Crippen LogP) is 3.16. The summed E-state index contributed by atoms with van der Waals surface area (Å²) in [5.74, 6) is 0.884. The molecule has 0 aliphatic rings. The van der Waals surface area contributed by atoms with E-state index in [9.17, 15) is 9.59 Å². The van der Waals surface area contributed by atoms with Crippen LogP contribution in [0.4, 0.5) is 0 Å². The van der Waals surface area contributed by atoms with Crippen molar-refractivity contribution in [1.29, 1.82) is 0 Å². The molecule has 0 unspecified atom stereocenters. The van der Waals surface area contributed by atoms with E-state index in [0.717, 1.165) is 5.56 Å². The van der Waals surface area contributed by atoms with E-state index >= 15 is 0 Å². The van der Waals surface area contributed by atoms with Gasteiger partial charge in [-0.3, -0.25) is 14.2 Å². The largest absolute Gasteiger partial charge is 0.493 e. The average molecular weight is 407 g/mol. The number of carbonyl (C=O) groups excluding carboxylic acids is 1. The van der Waals surface area contributed by atoms with Gasteiger partial charge in [-0.1, -0.05) is 16.8 Å². The first-order valence-corrected chi connectivity index (χ1v) is 9.25. The van der Waals surface area contributed by atoms with Gasteiger partial charge < -0.3 is 18.9 Å². The van der Waals surface area contributed by atoms with Crippen LogP contribution in [0.15, 0.2) is 45.8 Å². The van der Waals surface area contributed by atoms with Gasteiger partial charge in [-0.25, -0.2) is 0 Å². The van der Waals surface area contributed by atoms with Crippen LogP contribution in [0.3, 0.4) is 0 Å². The van der Waals surface area contributed by atoms with Crippen molar-refractivity contribution in [2.45, 2.75) is 6.92 Å². The Hall–Kier alpha value is -3.81. The number of amides is 1. The second kappa shape index (κ2) is 7.22. The lowest BCUT2D eigenvalue weighted by atomic mass is 10.0. The first-order chi connectivity index (χ1) is 14.3. The Balaban J connectivity index is 2.12. The average Bonchev–Trinajstić information content (AvgIpc) is 3.15. The summed E-state index contributed by atoms with van der Waals surface area (Å²) in [6.45, 7) is 1.94. The number of aryl methyl sites for hydroxylation is 1. The number of carbonyl (C=O) groups is 1. The number of ether oxygens (including phenoxy) is 2. The molecule has 4 aromatic rings. The number of fused-ring (bicyclic) bond motifs is 2. The maximum atomic E-state index is 13.4. The van der Waals surface area contributed by atoms with Gasteiger partial charge in [0.25, 0.3) is 11.5 Å². The summed E-state index contributed by atoms with van der Waals surface area (Å²) < 4.78 is 17.5. The van der Waals surface area contributed by atoms with Gasteiger partial charge in [0.1, 0.15) is 0 Å². The Bertz CT molecular complexity index is 1350. The number of hydrogen-bond acceptors (Lipinski definition) is 6. The number of aromatic nitrogens is 2. The molecule has 8 heteroatoms. The normalized spacial score (nSPS) is 11.1. The summed E-state index contributed by atoms with van der Waals surface area (Å²) in [4.78, 5) is 27.8. The van der Waals surface area contributed by atoms with E-state index in [4.69, 9.17) is 14.0 Å². The van der Waals surface area contributed by atoms with Crippen LogP contribution in [0.25, 0.3) is 27.6 Å². The van der Waals surface area contributed by atoms with Crippen molar-refractivity contribution in [2.75, 3.05) is 28.3 Å². The van der Waals surface area contributed by atoms with Crippen molar-refractivity contribution in [3.63, 3.8) is 0 Å². The molecule has 0 radical (unpaired) electrons. The van der Waals surface area contributed by atoms with Crippen molar-refractivity contribution in [3.05, 3.63) is 58.0 Å². The molecule has 30 heavy (non-hydrogen) atoms. The van der Waals surface area contributed by atoms with Gasteiger partial charge in [0.2, 0.25) is 0 Å². The Kier molecular flexibility index (Phi) is 4.69. The maximum Gasteiger partial charge on any atom is 0.264 e. The summed E-state index contributed by atoms with van der Waals surface area (Å²) in [6.07, 6.45) is 1.50. The maximum absolute atomic E-state index is 13.4. The second-order valence-electron chi connectivity index (χ2n) is 7.18. The number of methoxy groups -OCH3 is 2. The third kappa shape index (κ3) is 2.97. The van der Waals surface area contributed by atoms with Gasteiger partial charge in [-0.05, 0) is 31.2 Å². The molecule has 0 saturated carbocycles. The van der Waals surface area contributed by atoms with Gasteiger partial charge >= 0.3 is 0 Å². The standard InChI is InChI=1S/C22H21N3O5/c1-12-6-7-17-15(8-12)20(23-30-17)25-11-16(21(26)24(2)3)13-9-18(28-4)19(29-5)10-14(13)22(25)27/h6-11H,1-5H3. The third-order valence-electron chi connectivity index (χ3n) is 4.99. The zero-order chi connectivity index (χ0) is 21.6. The van der Waals surface area contributed by atoms with Crippen LogP contribution in [-0.4, -0.2) is 48.8 Å². The van der Waals surface area contributed by atoms with Crippen molar-refractivity contribution in [1.82, 2.24) is 14.6 Å². The van der Waals surface area contributed by atoms with Crippen LogP contribution in [0, 0.1) is 6.92 Å². The van der Waals surface area contributed by atoms with Crippen molar-refractivity contribution in [3.8, 4) is 17.3 Å². The van der Waals surface area contributed by atoms with Crippen LogP contribution in [0.1, 0.15) is 15.9 Å². The molecule has 1 amide bonds. The smallest absolute Gasteiger partial charge is 0.264 e. The predicted molar refractivity (Wildman–Crippen MR) is 113 cm³/mol. The van der Waals surface area contributed by atoms with Gasteiger partial charge in [0.05, 0.1) is 30.6 Å². The lowest BCUT2D eigenvalue weighted by molar-refractivity contribution is 0.0829. The molecule has 0 bridgehead atoms. The summed E-state index contributed by atoms with van der Waals surface area (Å²) in [5.41, 5.74) is 1.53. The minimum absolute atomic E-state index is 0.259. The Morgan fingerprint density at radius 2 is 1.70 bits per heavy atom. The molecule has 0 atom stereocenters. The fraction of sp³-hybridized carbons (Fsp3) is 0.227. The van der Waals surface area contributed by atoms with Crippen LogP contribution in [-0.2, 0) is 0 Å². The second-order valence-corrected chi connectivity index (χ2v) is 7.18. The van der Waals surface area contributed by atoms with Crippen LogP contribution >= 0.6 is 0 Å². The van der Waals surface area contributed by atoms with E-state index < -0.39 is 0 Å². The Morgan fingerprint density at radius 3 is 2.33 bits per heavy atom. The van der Waals surface area contributed by atoms with E-state index in [2.05, 4.69) is 5.16 Å². The van der Waals surface area contributed by atoms with Crippen molar-refractivity contribution in [2.24, 2.45) is 0 Å². The topological polar surface area (TPSA) is 86.8 Å². The third-order valence-corrected chi connectivity index (χ3v) is 4.99. The molecule has 0 N–H and O–H groups in total. The summed E-state index contributed by atoms with van der Waals surface area (Å²) in [5, 5.41) is 5.56. The zero-order valence-electron chi connectivity index (χ0n) is 17.3. The highest BCUT2D eigenvalue weighted by Crippen LogP contribution is 2.33. The van der Waals surface area contributed by atoms with E-state index in [1.165, 1.54) is 29.9 Å². The SMILES string of the molecule is COc1cc2c(C(=O)N(C)C)cn(-c3noc4ccc(C)cc34)c(=O)c2cc1OC. The Morgan fingerprint density at radius 1 is 1.03 bits per heavy atom. The molecule has 154 valence electrons. The molecule has 4 rings (SSSR count). The monoisotopic (exact) mass is 407 g/mol. The van der Waals surface area contributed by atoms with Gasteiger partial charge in [0, 0.05) is 25.7 Å². The van der Waals surface area contributed by atoms with E-state index in [1.807, 2.05) is 19.1 Å². The fourth-order valence-corrected chi connectivity index (χ4v) is 3.45. The highest BCUT2D eigenvalue weighted by Gasteiger charge is 2.22. The lowest BCUT2D eigenvalue weighted by Crippen LogP contribution is -2.26. The molecule has 2 aromatic carbocycles. The van der Waals surface area contributed by atoms with E-state index in [-0.39, 0.29) is 11.5 Å². The quantitative estimate of drug-likeness (QED) is 0.517. The molecule has 2 aromatic heterocycles. The van der Waals surface area contributed by atoms with Crippen LogP contribution in [0.2, 0.25) is 0 Å². The Labute approximate surface area is 172 Å². The van der Waals surface area contributed by atoms with Crippen LogP contribution < -0.4 is 15.0 Å². The zero-order valence-corrected chi connectivity index (χ0v) is 17.3. The molecule has 0 aliphatic heterocycles. The first kappa shape index (κ1) is 19.5. The number of rotatable bonds is 4. The van der Waals surface area contributed by atoms with Crippen molar-refractivity contribution < 1.29 is 18.8 Å². The molecule has 2 heterocycles. The van der Waals surface area contributed by atoms with Crippen LogP contribution in [0.5, 0.6) is 11.5 Å². The highest BCUT2D eigenvalue weighted by atomic mass is 16.5. The molecule has 0 spiro atoms. The van der Waals surface area contributed by atoms with Crippen molar-refractivity contribution >= 4 is 27.6 Å². The lowest BCUT2D eigenvalue weighted by Gasteiger charge is -2.16.